The average molecular weight is 282 g/mol. The predicted molar refractivity (Wildman–Crippen MR) is 73.6 cm³/mol. The molecule has 86 valence electrons. The van der Waals surface area contributed by atoms with Crippen molar-refractivity contribution in [3.05, 3.63) is 39.5 Å². The molecular weight excluding hydrogens is 274 g/mol. The van der Waals surface area contributed by atoms with E-state index in [1.54, 1.807) is 10.0 Å². The van der Waals surface area contributed by atoms with Crippen LogP contribution < -0.4 is 5.32 Å². The van der Waals surface area contributed by atoms with Crippen LogP contribution in [0.25, 0.3) is 0 Å². The van der Waals surface area contributed by atoms with Crippen LogP contribution in [0.3, 0.4) is 0 Å². The number of halogens is 1. The van der Waals surface area contributed by atoms with Gasteiger partial charge < -0.3 is 5.32 Å². The highest BCUT2D eigenvalue weighted by Crippen LogP contribution is 2.30. The van der Waals surface area contributed by atoms with Crippen molar-refractivity contribution in [2.45, 2.75) is 0 Å². The van der Waals surface area contributed by atoms with Crippen LogP contribution in [0.5, 0.6) is 0 Å². The molecule has 0 aliphatic heterocycles. The van der Waals surface area contributed by atoms with Gasteiger partial charge in [-0.2, -0.15) is 5.26 Å². The summed E-state index contributed by atoms with van der Waals surface area (Å²) in [4.78, 5) is 0. The number of hydrogen-bond acceptors (Lipinski definition) is 4. The van der Waals surface area contributed by atoms with E-state index in [9.17, 15) is 0 Å². The molecule has 0 fully saturated rings. The summed E-state index contributed by atoms with van der Waals surface area (Å²) in [6, 6.07) is 9.48. The Morgan fingerprint density at radius 2 is 2.18 bits per heavy atom. The standard InChI is InChI=1S/C11H8ClN3S2/c1-15-11(16)7(6-13)10(17-15)14-9-5-3-2-4-8(9)12/h2-5,14H,1H3. The molecule has 0 saturated heterocycles. The molecule has 6 heteroatoms. The third kappa shape index (κ3) is 2.34. The summed E-state index contributed by atoms with van der Waals surface area (Å²) >= 11 is 12.6. The van der Waals surface area contributed by atoms with Gasteiger partial charge in [0.1, 0.15) is 21.3 Å². The lowest BCUT2D eigenvalue weighted by molar-refractivity contribution is 1.01. The first-order valence-electron chi connectivity index (χ1n) is 4.75. The molecule has 1 N–H and O–H groups in total. The van der Waals surface area contributed by atoms with Gasteiger partial charge in [0.05, 0.1) is 10.7 Å². The second kappa shape index (κ2) is 4.88. The lowest BCUT2D eigenvalue weighted by atomic mass is 10.3. The van der Waals surface area contributed by atoms with E-state index in [2.05, 4.69) is 11.4 Å². The molecule has 0 unspecified atom stereocenters. The molecule has 2 rings (SSSR count). The molecule has 1 heterocycles. The lowest BCUT2D eigenvalue weighted by Crippen LogP contribution is -1.90. The van der Waals surface area contributed by atoms with Crippen molar-refractivity contribution in [2.75, 3.05) is 5.32 Å². The summed E-state index contributed by atoms with van der Waals surface area (Å²) in [6.45, 7) is 0. The van der Waals surface area contributed by atoms with Gasteiger partial charge in [-0.15, -0.1) is 0 Å². The number of nitriles is 1. The first kappa shape index (κ1) is 12.1. The maximum absolute atomic E-state index is 9.06. The second-order valence-corrected chi connectivity index (χ2v) is 5.25. The number of nitrogens with zero attached hydrogens (tertiary/aromatic N) is 2. The van der Waals surface area contributed by atoms with Crippen molar-refractivity contribution in [3.8, 4) is 6.07 Å². The molecule has 1 aromatic carbocycles. The molecule has 0 bridgehead atoms. The van der Waals surface area contributed by atoms with Gasteiger partial charge in [0, 0.05) is 7.05 Å². The van der Waals surface area contributed by atoms with Crippen LogP contribution in [0.15, 0.2) is 24.3 Å². The molecule has 0 amide bonds. The quantitative estimate of drug-likeness (QED) is 0.843. The molecule has 0 aliphatic carbocycles. The van der Waals surface area contributed by atoms with Crippen molar-refractivity contribution in [1.82, 2.24) is 3.96 Å². The van der Waals surface area contributed by atoms with Gasteiger partial charge in [-0.25, -0.2) is 0 Å². The highest BCUT2D eigenvalue weighted by molar-refractivity contribution is 7.71. The lowest BCUT2D eigenvalue weighted by Gasteiger charge is -2.05. The number of aryl methyl sites for hydroxylation is 1. The fourth-order valence-corrected chi connectivity index (χ4v) is 2.69. The van der Waals surface area contributed by atoms with Crippen molar-refractivity contribution in [2.24, 2.45) is 7.05 Å². The average Bonchev–Trinajstić information content (AvgIpc) is 2.58. The molecular formula is C11H8ClN3S2. The number of benzene rings is 1. The zero-order chi connectivity index (χ0) is 12.4. The minimum atomic E-state index is 0.479. The van der Waals surface area contributed by atoms with E-state index in [4.69, 9.17) is 29.1 Å². The van der Waals surface area contributed by atoms with E-state index in [-0.39, 0.29) is 0 Å². The van der Waals surface area contributed by atoms with Crippen molar-refractivity contribution < 1.29 is 0 Å². The Balaban J connectivity index is 2.45. The van der Waals surface area contributed by atoms with Gasteiger partial charge in [-0.3, -0.25) is 3.96 Å². The Morgan fingerprint density at radius 3 is 2.82 bits per heavy atom. The van der Waals surface area contributed by atoms with Crippen LogP contribution in [-0.4, -0.2) is 3.96 Å². The molecule has 1 aromatic heterocycles. The number of rotatable bonds is 2. The summed E-state index contributed by atoms with van der Waals surface area (Å²) in [5.74, 6) is 0. The number of aromatic nitrogens is 1. The third-order valence-electron chi connectivity index (χ3n) is 2.19. The van der Waals surface area contributed by atoms with E-state index in [1.165, 1.54) is 11.5 Å². The maximum atomic E-state index is 9.06. The van der Waals surface area contributed by atoms with Gasteiger partial charge in [-0.1, -0.05) is 36.0 Å². The Labute approximate surface area is 113 Å². The monoisotopic (exact) mass is 281 g/mol. The summed E-state index contributed by atoms with van der Waals surface area (Å²) in [5, 5.41) is 13.5. The smallest absolute Gasteiger partial charge is 0.135 e. The Morgan fingerprint density at radius 1 is 1.47 bits per heavy atom. The second-order valence-electron chi connectivity index (χ2n) is 3.31. The minimum absolute atomic E-state index is 0.479. The largest absolute Gasteiger partial charge is 0.344 e. The highest BCUT2D eigenvalue weighted by atomic mass is 35.5. The Bertz CT molecular complexity index is 651. The van der Waals surface area contributed by atoms with E-state index in [1.807, 2.05) is 25.2 Å². The summed E-state index contributed by atoms with van der Waals surface area (Å²) in [6.07, 6.45) is 0. The molecule has 2 aromatic rings. The normalized spacial score (nSPS) is 9.94. The molecule has 3 nitrogen and oxygen atoms in total. The molecule has 17 heavy (non-hydrogen) atoms. The predicted octanol–water partition coefficient (Wildman–Crippen LogP) is 4.08. The van der Waals surface area contributed by atoms with Crippen LogP contribution in [0, 0.1) is 16.0 Å². The van der Waals surface area contributed by atoms with Gasteiger partial charge in [0.2, 0.25) is 0 Å². The van der Waals surface area contributed by atoms with Gasteiger partial charge in [-0.05, 0) is 23.7 Å². The SMILES string of the molecule is Cn1sc(Nc2ccccc2Cl)c(C#N)c1=S. The van der Waals surface area contributed by atoms with Crippen molar-refractivity contribution >= 4 is 46.0 Å². The van der Waals surface area contributed by atoms with Gasteiger partial charge in [0.25, 0.3) is 0 Å². The van der Waals surface area contributed by atoms with Crippen LogP contribution in [0.1, 0.15) is 5.56 Å². The molecule has 0 atom stereocenters. The molecule has 0 radical (unpaired) electrons. The van der Waals surface area contributed by atoms with Gasteiger partial charge in [0.15, 0.2) is 0 Å². The first-order valence-corrected chi connectivity index (χ1v) is 6.31. The topological polar surface area (TPSA) is 40.8 Å². The summed E-state index contributed by atoms with van der Waals surface area (Å²) < 4.78 is 2.31. The highest BCUT2D eigenvalue weighted by Gasteiger charge is 2.11. The third-order valence-corrected chi connectivity index (χ3v) is 4.06. The molecule has 0 aliphatic rings. The first-order chi connectivity index (χ1) is 8.13. The number of para-hydroxylation sites is 1. The number of hydrogen-bond donors (Lipinski definition) is 1. The number of nitrogens with one attached hydrogen (secondary N) is 1. The van der Waals surface area contributed by atoms with E-state index in [0.717, 1.165) is 5.69 Å². The van der Waals surface area contributed by atoms with Crippen LogP contribution in [0.2, 0.25) is 5.02 Å². The van der Waals surface area contributed by atoms with E-state index >= 15 is 0 Å². The van der Waals surface area contributed by atoms with Crippen LogP contribution in [-0.2, 0) is 7.05 Å². The maximum Gasteiger partial charge on any atom is 0.135 e. The number of anilines is 2. The van der Waals surface area contributed by atoms with Crippen molar-refractivity contribution in [1.29, 1.82) is 5.26 Å². The fourth-order valence-electron chi connectivity index (χ4n) is 1.35. The van der Waals surface area contributed by atoms with Crippen molar-refractivity contribution in [3.63, 3.8) is 0 Å². The van der Waals surface area contributed by atoms with Crippen LogP contribution in [0.4, 0.5) is 10.7 Å². The van der Waals surface area contributed by atoms with E-state index < -0.39 is 0 Å². The Hall–Kier alpha value is -1.35. The van der Waals surface area contributed by atoms with Crippen LogP contribution >= 0.6 is 35.4 Å². The molecule has 0 spiro atoms. The Kier molecular flexibility index (Phi) is 3.48. The zero-order valence-corrected chi connectivity index (χ0v) is 11.3. The molecule has 0 saturated carbocycles. The van der Waals surface area contributed by atoms with E-state index in [0.29, 0.717) is 20.2 Å². The fraction of sp³-hybridized carbons (Fsp3) is 0.0909. The summed E-state index contributed by atoms with van der Waals surface area (Å²) in [5.41, 5.74) is 1.25. The minimum Gasteiger partial charge on any atom is -0.344 e. The summed E-state index contributed by atoms with van der Waals surface area (Å²) in [7, 11) is 1.83. The zero-order valence-electron chi connectivity index (χ0n) is 8.90. The van der Waals surface area contributed by atoms with Gasteiger partial charge >= 0.3 is 0 Å².